The molecule has 0 radical (unpaired) electrons. The molecule has 1 aromatic heterocycles. The number of nitrogen functional groups attached to an aromatic ring is 2. The third-order valence-corrected chi connectivity index (χ3v) is 5.14. The Bertz CT molecular complexity index is 1100. The summed E-state index contributed by atoms with van der Waals surface area (Å²) in [5, 5.41) is 12.1. The van der Waals surface area contributed by atoms with Gasteiger partial charge in [0.05, 0.1) is 16.1 Å². The van der Waals surface area contributed by atoms with E-state index >= 15 is 0 Å². The molecule has 1 heterocycles. The number of halogens is 3. The molecule has 5 N–H and O–H groups in total. The quantitative estimate of drug-likeness (QED) is 0.419. The molecule has 3 aromatic rings. The predicted molar refractivity (Wildman–Crippen MR) is 132 cm³/mol. The van der Waals surface area contributed by atoms with Crippen molar-refractivity contribution in [2.24, 2.45) is 0 Å². The van der Waals surface area contributed by atoms with Gasteiger partial charge in [0.15, 0.2) is 11.6 Å². The Morgan fingerprint density at radius 3 is 2.28 bits per heavy atom. The van der Waals surface area contributed by atoms with Crippen LogP contribution >= 0.6 is 34.8 Å². The van der Waals surface area contributed by atoms with Crippen molar-refractivity contribution in [3.63, 3.8) is 0 Å². The van der Waals surface area contributed by atoms with Crippen LogP contribution in [0.2, 0.25) is 15.1 Å². The summed E-state index contributed by atoms with van der Waals surface area (Å²) in [4.78, 5) is 15.9. The maximum atomic E-state index is 12.1. The van der Waals surface area contributed by atoms with Gasteiger partial charge < -0.3 is 16.8 Å². The number of aromatic nitrogens is 3. The molecular weight excluding hydrogens is 471 g/mol. The van der Waals surface area contributed by atoms with Gasteiger partial charge in [-0.15, -0.1) is 10.2 Å². The van der Waals surface area contributed by atoms with Gasteiger partial charge in [0.1, 0.15) is 5.69 Å². The summed E-state index contributed by atoms with van der Waals surface area (Å²) in [7, 11) is 0. The molecule has 3 rings (SSSR count). The molecular formula is C22H25Cl3N6O. The van der Waals surface area contributed by atoms with Gasteiger partial charge in [0.25, 0.3) is 0 Å². The fourth-order valence-corrected chi connectivity index (χ4v) is 3.42. The molecule has 0 spiro atoms. The Morgan fingerprint density at radius 1 is 1.03 bits per heavy atom. The second-order valence-corrected chi connectivity index (χ2v) is 9.22. The van der Waals surface area contributed by atoms with Crippen LogP contribution in [0, 0.1) is 0 Å². The van der Waals surface area contributed by atoms with Gasteiger partial charge in [-0.3, -0.25) is 4.79 Å². The average molecular weight is 496 g/mol. The number of nitrogens with zero attached hydrogens (tertiary/aromatic N) is 3. The Balaban J connectivity index is 0.000000227. The number of hydrogen-bond donors (Lipinski definition) is 3. The highest BCUT2D eigenvalue weighted by Gasteiger charge is 2.20. The Hall–Kier alpha value is -2.45. The van der Waals surface area contributed by atoms with Gasteiger partial charge >= 0.3 is 0 Å². The molecule has 7 nitrogen and oxygen atoms in total. The number of Topliss-reactive ketones (excluding diaryl/α,β-unsaturated/α-hetero) is 1. The Labute approximate surface area is 202 Å². The van der Waals surface area contributed by atoms with Crippen LogP contribution in [0.5, 0.6) is 0 Å². The second kappa shape index (κ2) is 10.9. The molecule has 0 fully saturated rings. The average Bonchev–Trinajstić information content (AvgIpc) is 2.69. The van der Waals surface area contributed by atoms with E-state index in [1.54, 1.807) is 42.5 Å². The van der Waals surface area contributed by atoms with Crippen LogP contribution in [0.4, 0.5) is 11.8 Å². The highest BCUT2D eigenvalue weighted by Crippen LogP contribution is 2.34. The topological polar surface area (TPSA) is 120 Å². The fourth-order valence-electron chi connectivity index (χ4n) is 2.84. The monoisotopic (exact) mass is 494 g/mol. The number of anilines is 2. The van der Waals surface area contributed by atoms with Crippen molar-refractivity contribution in [3.8, 4) is 11.3 Å². The highest BCUT2D eigenvalue weighted by atomic mass is 35.5. The van der Waals surface area contributed by atoms with Crippen molar-refractivity contribution in [2.75, 3.05) is 11.5 Å². The van der Waals surface area contributed by atoms with Gasteiger partial charge in [-0.25, -0.2) is 0 Å². The summed E-state index contributed by atoms with van der Waals surface area (Å²) in [6.07, 6.45) is 0. The molecule has 1 atom stereocenters. The largest absolute Gasteiger partial charge is 0.382 e. The van der Waals surface area contributed by atoms with Crippen LogP contribution < -0.4 is 16.8 Å². The summed E-state index contributed by atoms with van der Waals surface area (Å²) in [6.45, 7) is 7.98. The van der Waals surface area contributed by atoms with Gasteiger partial charge in [-0.2, -0.15) is 4.98 Å². The van der Waals surface area contributed by atoms with E-state index in [-0.39, 0.29) is 29.1 Å². The van der Waals surface area contributed by atoms with Crippen LogP contribution in [-0.4, -0.2) is 32.5 Å². The smallest absolute Gasteiger partial charge is 0.242 e. The molecule has 0 bridgehead atoms. The van der Waals surface area contributed by atoms with Crippen LogP contribution in [0.3, 0.4) is 0 Å². The normalized spacial score (nSPS) is 12.0. The molecule has 0 aliphatic carbocycles. The van der Waals surface area contributed by atoms with E-state index in [1.807, 2.05) is 27.7 Å². The van der Waals surface area contributed by atoms with Gasteiger partial charge in [0.2, 0.25) is 5.95 Å². The van der Waals surface area contributed by atoms with Crippen molar-refractivity contribution >= 4 is 52.4 Å². The zero-order valence-electron chi connectivity index (χ0n) is 18.2. The lowest BCUT2D eigenvalue weighted by Gasteiger charge is -2.25. The number of benzene rings is 2. The molecule has 170 valence electrons. The van der Waals surface area contributed by atoms with Crippen LogP contribution in [-0.2, 0) is 0 Å². The second-order valence-electron chi connectivity index (χ2n) is 8.00. The van der Waals surface area contributed by atoms with E-state index in [0.717, 1.165) is 0 Å². The van der Waals surface area contributed by atoms with E-state index in [0.29, 0.717) is 31.9 Å². The maximum absolute atomic E-state index is 12.1. The molecule has 0 aliphatic heterocycles. The number of carbonyl (C=O) groups is 1. The van der Waals surface area contributed by atoms with Crippen molar-refractivity contribution in [1.82, 2.24) is 20.5 Å². The molecule has 32 heavy (non-hydrogen) atoms. The summed E-state index contributed by atoms with van der Waals surface area (Å²) in [5.74, 6) is 0.244. The zero-order chi connectivity index (χ0) is 24.1. The minimum atomic E-state index is -0.210. The first kappa shape index (κ1) is 25.8. The van der Waals surface area contributed by atoms with Gasteiger partial charge in [-0.05, 0) is 45.9 Å². The molecule has 10 heteroatoms. The summed E-state index contributed by atoms with van der Waals surface area (Å²) in [6, 6.07) is 12.0. The SMILES string of the molecule is CC(NC(C)(C)C)C(=O)c1cccc(Cl)c1.Nc1nnc(-c2cccc(Cl)c2Cl)c(N)n1. The summed E-state index contributed by atoms with van der Waals surface area (Å²) < 4.78 is 0. The first-order chi connectivity index (χ1) is 14.9. The zero-order valence-corrected chi connectivity index (χ0v) is 20.4. The molecule has 0 saturated heterocycles. The Kier molecular flexibility index (Phi) is 8.81. The van der Waals surface area contributed by atoms with E-state index in [4.69, 9.17) is 46.3 Å². The fraction of sp³-hybridized carbons (Fsp3) is 0.273. The van der Waals surface area contributed by atoms with Crippen LogP contribution in [0.25, 0.3) is 11.3 Å². The van der Waals surface area contributed by atoms with E-state index < -0.39 is 0 Å². The number of ketones is 1. The Morgan fingerprint density at radius 2 is 1.69 bits per heavy atom. The summed E-state index contributed by atoms with van der Waals surface area (Å²) in [5.41, 5.74) is 12.5. The number of rotatable bonds is 4. The third kappa shape index (κ3) is 7.31. The number of nitrogens with one attached hydrogen (secondary N) is 1. The minimum absolute atomic E-state index is 0.0133. The lowest BCUT2D eigenvalue weighted by atomic mass is 10.0. The van der Waals surface area contributed by atoms with Crippen molar-refractivity contribution in [3.05, 3.63) is 63.1 Å². The molecule has 2 aromatic carbocycles. The molecule has 0 amide bonds. The molecule has 0 saturated carbocycles. The number of nitrogens with two attached hydrogens (primary N) is 2. The van der Waals surface area contributed by atoms with Crippen molar-refractivity contribution < 1.29 is 4.79 Å². The highest BCUT2D eigenvalue weighted by molar-refractivity contribution is 6.43. The number of carbonyl (C=O) groups excluding carboxylic acids is 1. The van der Waals surface area contributed by atoms with Gasteiger partial charge in [0, 0.05) is 21.7 Å². The van der Waals surface area contributed by atoms with Crippen LogP contribution in [0.1, 0.15) is 38.1 Å². The van der Waals surface area contributed by atoms with E-state index in [2.05, 4.69) is 20.5 Å². The predicted octanol–water partition coefficient (Wildman–Crippen LogP) is 5.31. The van der Waals surface area contributed by atoms with E-state index in [9.17, 15) is 4.79 Å². The summed E-state index contributed by atoms with van der Waals surface area (Å²) >= 11 is 17.8. The van der Waals surface area contributed by atoms with Gasteiger partial charge in [-0.1, -0.05) is 59.1 Å². The standard InChI is InChI=1S/C13H18ClNO.C9H7Cl2N5/c1-9(15-13(2,3)4)12(16)10-6-5-7-11(14)8-10;10-5-3-1-2-4(6(5)11)7-8(12)14-9(13)16-15-7/h5-9,15H,1-4H3;1-3H,(H4,12,13,14,16). The molecule has 1 unspecified atom stereocenters. The first-order valence-corrected chi connectivity index (χ1v) is 10.8. The lowest BCUT2D eigenvalue weighted by molar-refractivity contribution is 0.0935. The molecule has 0 aliphatic rings. The minimum Gasteiger partial charge on any atom is -0.382 e. The third-order valence-electron chi connectivity index (χ3n) is 4.09. The maximum Gasteiger partial charge on any atom is 0.242 e. The van der Waals surface area contributed by atoms with E-state index in [1.165, 1.54) is 0 Å². The number of hydrogen-bond acceptors (Lipinski definition) is 7. The lowest BCUT2D eigenvalue weighted by Crippen LogP contribution is -2.46. The van der Waals surface area contributed by atoms with Crippen molar-refractivity contribution in [1.29, 1.82) is 0 Å². The van der Waals surface area contributed by atoms with Crippen molar-refractivity contribution in [2.45, 2.75) is 39.3 Å². The van der Waals surface area contributed by atoms with Crippen LogP contribution in [0.15, 0.2) is 42.5 Å². The first-order valence-electron chi connectivity index (χ1n) is 9.66.